The van der Waals surface area contributed by atoms with Crippen LogP contribution in [0.15, 0.2) is 18.2 Å². The quantitative estimate of drug-likeness (QED) is 0.820. The maximum Gasteiger partial charge on any atom is 0.251 e. The van der Waals surface area contributed by atoms with Gasteiger partial charge >= 0.3 is 0 Å². The van der Waals surface area contributed by atoms with E-state index in [1.165, 1.54) is 0 Å². The smallest absolute Gasteiger partial charge is 0.251 e. The first-order chi connectivity index (χ1) is 9.08. The summed E-state index contributed by atoms with van der Waals surface area (Å²) in [5.41, 5.74) is 6.45. The van der Waals surface area contributed by atoms with Gasteiger partial charge in [0.25, 0.3) is 5.91 Å². The molecule has 1 unspecified atom stereocenters. The number of nitrogens with two attached hydrogens (primary N) is 1. The molecule has 0 aliphatic carbocycles. The van der Waals surface area contributed by atoms with Gasteiger partial charge in [0.05, 0.1) is 17.7 Å². The lowest BCUT2D eigenvalue weighted by Gasteiger charge is -2.11. The summed E-state index contributed by atoms with van der Waals surface area (Å²) in [4.78, 5) is 11.9. The second-order valence-electron chi connectivity index (χ2n) is 3.96. The Kier molecular flexibility index (Phi) is 6.37. The van der Waals surface area contributed by atoms with Crippen LogP contribution in [0.4, 0.5) is 0 Å². The van der Waals surface area contributed by atoms with E-state index >= 15 is 0 Å². The van der Waals surface area contributed by atoms with E-state index in [2.05, 4.69) is 17.2 Å². The molecule has 0 fully saturated rings. The van der Waals surface area contributed by atoms with Crippen LogP contribution < -0.4 is 11.1 Å². The van der Waals surface area contributed by atoms with Crippen LogP contribution in [-0.4, -0.2) is 32.2 Å². The molecule has 0 aliphatic heterocycles. The average Bonchev–Trinajstić information content (AvgIpc) is 2.42. The van der Waals surface area contributed by atoms with Gasteiger partial charge in [0.15, 0.2) is 0 Å². The summed E-state index contributed by atoms with van der Waals surface area (Å²) in [5.74, 6) is 5.37. The Hall–Kier alpha value is -1.54. The van der Waals surface area contributed by atoms with Gasteiger partial charge < -0.3 is 15.8 Å². The molecule has 3 N–H and O–H groups in total. The van der Waals surface area contributed by atoms with Gasteiger partial charge in [0.2, 0.25) is 0 Å². The van der Waals surface area contributed by atoms with E-state index < -0.39 is 0 Å². The van der Waals surface area contributed by atoms with Crippen LogP contribution in [0.25, 0.3) is 0 Å². The van der Waals surface area contributed by atoms with Crippen molar-refractivity contribution in [2.75, 3.05) is 20.2 Å². The maximum absolute atomic E-state index is 11.9. The minimum Gasteiger partial charge on any atom is -0.380 e. The molecule has 0 saturated heterocycles. The minimum atomic E-state index is -0.191. The molecule has 0 aliphatic rings. The van der Waals surface area contributed by atoms with Gasteiger partial charge in [-0.1, -0.05) is 23.4 Å². The van der Waals surface area contributed by atoms with E-state index in [1.807, 2.05) is 6.92 Å². The lowest BCUT2D eigenvalue weighted by molar-refractivity contribution is 0.0870. The molecule has 0 aromatic heterocycles. The summed E-state index contributed by atoms with van der Waals surface area (Å²) in [6.45, 7) is 2.59. The zero-order chi connectivity index (χ0) is 14.3. The Morgan fingerprint density at radius 2 is 2.32 bits per heavy atom. The Bertz CT molecular complexity index is 506. The van der Waals surface area contributed by atoms with E-state index in [9.17, 15) is 4.79 Å². The van der Waals surface area contributed by atoms with Crippen LogP contribution in [0.2, 0.25) is 5.02 Å². The Labute approximate surface area is 118 Å². The first-order valence-electron chi connectivity index (χ1n) is 5.88. The Morgan fingerprint density at radius 1 is 1.58 bits per heavy atom. The summed E-state index contributed by atoms with van der Waals surface area (Å²) >= 11 is 6.05. The summed E-state index contributed by atoms with van der Waals surface area (Å²) < 4.78 is 5.05. The number of carbonyl (C=O) groups is 1. The van der Waals surface area contributed by atoms with E-state index in [-0.39, 0.29) is 18.6 Å². The normalized spacial score (nSPS) is 11.4. The van der Waals surface area contributed by atoms with Gasteiger partial charge in [-0.15, -0.1) is 0 Å². The van der Waals surface area contributed by atoms with E-state index in [1.54, 1.807) is 25.3 Å². The summed E-state index contributed by atoms with van der Waals surface area (Å²) in [6, 6.07) is 4.98. The molecule has 1 atom stereocenters. The third-order valence-corrected chi connectivity index (χ3v) is 2.82. The van der Waals surface area contributed by atoms with Crippen molar-refractivity contribution >= 4 is 17.5 Å². The predicted molar refractivity (Wildman–Crippen MR) is 76.2 cm³/mol. The fourth-order valence-corrected chi connectivity index (χ4v) is 1.55. The maximum atomic E-state index is 11.9. The molecule has 5 heteroatoms. The lowest BCUT2D eigenvalue weighted by Crippen LogP contribution is -2.31. The molecule has 0 saturated carbocycles. The molecule has 19 heavy (non-hydrogen) atoms. The van der Waals surface area contributed by atoms with Crippen LogP contribution in [0.1, 0.15) is 22.8 Å². The third kappa shape index (κ3) is 4.92. The van der Waals surface area contributed by atoms with Gasteiger partial charge in [0, 0.05) is 24.8 Å². The highest BCUT2D eigenvalue weighted by Crippen LogP contribution is 2.17. The van der Waals surface area contributed by atoms with Crippen molar-refractivity contribution in [1.82, 2.24) is 5.32 Å². The number of halogens is 1. The van der Waals surface area contributed by atoms with Crippen LogP contribution in [0.5, 0.6) is 0 Å². The molecule has 0 bridgehead atoms. The summed E-state index contributed by atoms with van der Waals surface area (Å²) in [7, 11) is 1.60. The first kappa shape index (κ1) is 15.5. The zero-order valence-corrected chi connectivity index (χ0v) is 11.8. The lowest BCUT2D eigenvalue weighted by atomic mass is 10.1. The van der Waals surface area contributed by atoms with Crippen LogP contribution in [0.3, 0.4) is 0 Å². The van der Waals surface area contributed by atoms with E-state index in [0.29, 0.717) is 22.7 Å². The van der Waals surface area contributed by atoms with Gasteiger partial charge in [-0.05, 0) is 25.1 Å². The minimum absolute atomic E-state index is 0.0332. The van der Waals surface area contributed by atoms with Crippen molar-refractivity contribution in [2.24, 2.45) is 5.73 Å². The van der Waals surface area contributed by atoms with Crippen LogP contribution in [-0.2, 0) is 4.74 Å². The van der Waals surface area contributed by atoms with E-state index in [0.717, 1.165) is 0 Å². The second-order valence-corrected chi connectivity index (χ2v) is 4.36. The van der Waals surface area contributed by atoms with Crippen molar-refractivity contribution in [3.05, 3.63) is 34.3 Å². The number of methoxy groups -OCH3 is 1. The Morgan fingerprint density at radius 3 is 2.89 bits per heavy atom. The molecule has 102 valence electrons. The predicted octanol–water partition coefficient (Wildman–Crippen LogP) is 1.41. The molecule has 1 aromatic rings. The number of benzene rings is 1. The number of hydrogen-bond donors (Lipinski definition) is 2. The molecule has 1 amide bonds. The molecule has 0 radical (unpaired) electrons. The standard InChI is InChI=1S/C14H17ClN2O2/c1-10(19-2)9-17-14(18)12-6-5-11(4-3-7-16)13(15)8-12/h5-6,8,10H,7,9,16H2,1-2H3,(H,17,18). The van der Waals surface area contributed by atoms with Gasteiger partial charge in [-0.3, -0.25) is 4.79 Å². The Balaban J connectivity index is 2.74. The fourth-order valence-electron chi connectivity index (χ4n) is 1.33. The van der Waals surface area contributed by atoms with Gasteiger partial charge in [-0.25, -0.2) is 0 Å². The molecule has 1 rings (SSSR count). The SMILES string of the molecule is COC(C)CNC(=O)c1ccc(C#CCN)c(Cl)c1. The van der Waals surface area contributed by atoms with E-state index in [4.69, 9.17) is 22.1 Å². The molecular formula is C14H17ClN2O2. The van der Waals surface area contributed by atoms with Crippen molar-refractivity contribution in [1.29, 1.82) is 0 Å². The molecule has 4 nitrogen and oxygen atoms in total. The van der Waals surface area contributed by atoms with Crippen LogP contribution >= 0.6 is 11.6 Å². The van der Waals surface area contributed by atoms with Crippen molar-refractivity contribution in [3.63, 3.8) is 0 Å². The number of hydrogen-bond acceptors (Lipinski definition) is 3. The highest BCUT2D eigenvalue weighted by molar-refractivity contribution is 6.32. The highest BCUT2D eigenvalue weighted by atomic mass is 35.5. The second kappa shape index (κ2) is 7.80. The highest BCUT2D eigenvalue weighted by Gasteiger charge is 2.09. The molecular weight excluding hydrogens is 264 g/mol. The number of rotatable bonds is 4. The van der Waals surface area contributed by atoms with Gasteiger partial charge in [0.1, 0.15) is 0 Å². The van der Waals surface area contributed by atoms with Crippen molar-refractivity contribution < 1.29 is 9.53 Å². The van der Waals surface area contributed by atoms with Crippen molar-refractivity contribution in [3.8, 4) is 11.8 Å². The monoisotopic (exact) mass is 280 g/mol. The van der Waals surface area contributed by atoms with Crippen LogP contribution in [0, 0.1) is 11.8 Å². The number of amides is 1. The fraction of sp³-hybridized carbons (Fsp3) is 0.357. The number of ether oxygens (including phenoxy) is 1. The molecule has 1 aromatic carbocycles. The number of nitrogens with one attached hydrogen (secondary N) is 1. The molecule has 0 heterocycles. The average molecular weight is 281 g/mol. The number of carbonyl (C=O) groups excluding carboxylic acids is 1. The topological polar surface area (TPSA) is 64.3 Å². The third-order valence-electron chi connectivity index (χ3n) is 2.51. The largest absolute Gasteiger partial charge is 0.380 e. The summed E-state index contributed by atoms with van der Waals surface area (Å²) in [5, 5.41) is 3.20. The summed E-state index contributed by atoms with van der Waals surface area (Å²) in [6.07, 6.45) is -0.0332. The zero-order valence-electron chi connectivity index (χ0n) is 11.0. The molecule has 0 spiro atoms. The first-order valence-corrected chi connectivity index (χ1v) is 6.25. The van der Waals surface area contributed by atoms with Gasteiger partial charge in [-0.2, -0.15) is 0 Å². The van der Waals surface area contributed by atoms with Crippen molar-refractivity contribution in [2.45, 2.75) is 13.0 Å².